The molecule has 2 aromatic rings. The molecule has 3 rings (SSSR count). The number of ether oxygens (including phenoxy) is 1. The van der Waals surface area contributed by atoms with Crippen molar-refractivity contribution in [3.8, 4) is 0 Å². The number of anilines is 1. The summed E-state index contributed by atoms with van der Waals surface area (Å²) in [7, 11) is 0. The van der Waals surface area contributed by atoms with Gasteiger partial charge in [0.05, 0.1) is 13.2 Å². The molecule has 2 heterocycles. The minimum Gasteiger partial charge on any atom is -0.379 e. The molecule has 174 valence electrons. The van der Waals surface area contributed by atoms with Crippen LogP contribution in [-0.4, -0.2) is 72.5 Å². The number of nitrogens with one attached hydrogen (secondary N) is 1. The number of benzene rings is 1. The smallest absolute Gasteiger partial charge is 0.254 e. The van der Waals surface area contributed by atoms with Crippen molar-refractivity contribution in [1.82, 2.24) is 14.8 Å². The predicted molar refractivity (Wildman–Crippen MR) is 128 cm³/mol. The third-order valence-electron chi connectivity index (χ3n) is 5.52. The van der Waals surface area contributed by atoms with Crippen LogP contribution in [0.1, 0.15) is 47.0 Å². The lowest BCUT2D eigenvalue weighted by Gasteiger charge is -2.28. The first-order valence-corrected chi connectivity index (χ1v) is 12.3. The molecule has 1 fully saturated rings. The lowest BCUT2D eigenvalue weighted by atomic mass is 10.1. The zero-order valence-corrected chi connectivity index (χ0v) is 20.0. The van der Waals surface area contributed by atoms with Crippen LogP contribution in [0.25, 0.3) is 0 Å². The Morgan fingerprint density at radius 2 is 1.94 bits per heavy atom. The van der Waals surface area contributed by atoms with Gasteiger partial charge in [-0.05, 0) is 43.9 Å². The third kappa shape index (κ3) is 7.69. The highest BCUT2D eigenvalue weighted by molar-refractivity contribution is 7.15. The molecule has 1 aromatic carbocycles. The Balaban J connectivity index is 1.62. The lowest BCUT2D eigenvalue weighted by Crippen LogP contribution is -2.41. The van der Waals surface area contributed by atoms with Crippen LogP contribution in [0.15, 0.2) is 30.5 Å². The van der Waals surface area contributed by atoms with Crippen LogP contribution in [0, 0.1) is 6.92 Å². The van der Waals surface area contributed by atoms with Crippen molar-refractivity contribution in [2.24, 2.45) is 0 Å². The van der Waals surface area contributed by atoms with E-state index in [1.807, 2.05) is 31.2 Å². The van der Waals surface area contributed by atoms with Gasteiger partial charge in [0.15, 0.2) is 5.13 Å². The monoisotopic (exact) mass is 458 g/mol. The number of unbranched alkanes of at least 4 members (excludes halogenated alkanes) is 1. The number of aromatic nitrogens is 1. The average Bonchev–Trinajstić information content (AvgIpc) is 3.21. The van der Waals surface area contributed by atoms with Gasteiger partial charge in [0.25, 0.3) is 5.91 Å². The number of nitrogens with zero attached hydrogens (tertiary/aromatic N) is 3. The topological polar surface area (TPSA) is 74.8 Å². The molecule has 2 amide bonds. The van der Waals surface area contributed by atoms with Crippen LogP contribution < -0.4 is 5.32 Å². The molecule has 0 spiro atoms. The first-order chi connectivity index (χ1) is 15.5. The van der Waals surface area contributed by atoms with Crippen LogP contribution >= 0.6 is 11.3 Å². The normalized spacial score (nSPS) is 14.3. The minimum atomic E-state index is -0.223. The highest BCUT2D eigenvalue weighted by Crippen LogP contribution is 2.17. The second-order valence-electron chi connectivity index (χ2n) is 8.16. The molecule has 0 unspecified atom stereocenters. The summed E-state index contributed by atoms with van der Waals surface area (Å²) >= 11 is 1.43. The van der Waals surface area contributed by atoms with Gasteiger partial charge in [-0.3, -0.25) is 14.5 Å². The maximum Gasteiger partial charge on any atom is 0.254 e. The molecular weight excluding hydrogens is 424 g/mol. The highest BCUT2D eigenvalue weighted by Gasteiger charge is 2.20. The second-order valence-corrected chi connectivity index (χ2v) is 9.39. The van der Waals surface area contributed by atoms with Gasteiger partial charge in [-0.1, -0.05) is 25.5 Å². The molecule has 1 N–H and O–H groups in total. The molecule has 1 aliphatic heterocycles. The zero-order valence-electron chi connectivity index (χ0n) is 19.1. The Labute approximate surface area is 194 Å². The van der Waals surface area contributed by atoms with Gasteiger partial charge in [-0.2, -0.15) is 0 Å². The van der Waals surface area contributed by atoms with Crippen molar-refractivity contribution in [3.05, 3.63) is 46.5 Å². The van der Waals surface area contributed by atoms with Crippen molar-refractivity contribution in [1.29, 1.82) is 0 Å². The number of amides is 2. The first kappa shape index (κ1) is 24.4. The van der Waals surface area contributed by atoms with E-state index in [4.69, 9.17) is 4.74 Å². The SMILES string of the molecule is CCCCc1ccc(C(=O)N(CCCN2CCOCC2)CC(=O)Nc2ncc(C)s2)cc1. The van der Waals surface area contributed by atoms with Gasteiger partial charge in [0, 0.05) is 42.8 Å². The van der Waals surface area contributed by atoms with Crippen molar-refractivity contribution < 1.29 is 14.3 Å². The van der Waals surface area contributed by atoms with Gasteiger partial charge >= 0.3 is 0 Å². The first-order valence-electron chi connectivity index (χ1n) is 11.5. The number of hydrogen-bond acceptors (Lipinski definition) is 6. The highest BCUT2D eigenvalue weighted by atomic mass is 32.1. The fraction of sp³-hybridized carbons (Fsp3) is 0.542. The summed E-state index contributed by atoms with van der Waals surface area (Å²) < 4.78 is 5.40. The number of aryl methyl sites for hydroxylation is 2. The molecule has 0 bridgehead atoms. The molecule has 0 radical (unpaired) electrons. The van der Waals surface area contributed by atoms with E-state index in [0.717, 1.165) is 63.4 Å². The van der Waals surface area contributed by atoms with E-state index in [0.29, 0.717) is 17.2 Å². The van der Waals surface area contributed by atoms with Crippen LogP contribution in [-0.2, 0) is 16.0 Å². The van der Waals surface area contributed by atoms with Crippen LogP contribution in [0.4, 0.5) is 5.13 Å². The number of carbonyl (C=O) groups is 2. The number of morpholine rings is 1. The summed E-state index contributed by atoms with van der Waals surface area (Å²) in [6, 6.07) is 7.80. The number of hydrogen-bond donors (Lipinski definition) is 1. The summed E-state index contributed by atoms with van der Waals surface area (Å²) in [5.41, 5.74) is 1.86. The zero-order chi connectivity index (χ0) is 22.8. The second kappa shape index (κ2) is 12.7. The fourth-order valence-corrected chi connectivity index (χ4v) is 4.37. The van der Waals surface area contributed by atoms with E-state index in [9.17, 15) is 9.59 Å². The molecule has 0 atom stereocenters. The molecule has 0 saturated carbocycles. The van der Waals surface area contributed by atoms with Crippen molar-refractivity contribution in [3.63, 3.8) is 0 Å². The van der Waals surface area contributed by atoms with E-state index in [1.54, 1.807) is 11.1 Å². The van der Waals surface area contributed by atoms with E-state index in [1.165, 1.54) is 16.9 Å². The Morgan fingerprint density at radius 1 is 1.19 bits per heavy atom. The standard InChI is InChI=1S/C24H34N4O3S/c1-3-4-6-20-7-9-21(10-8-20)23(30)28(12-5-11-27-13-15-31-16-14-27)18-22(29)26-24-25-17-19(2)32-24/h7-10,17H,3-6,11-16,18H2,1-2H3,(H,25,26,29). The largest absolute Gasteiger partial charge is 0.379 e. The lowest BCUT2D eigenvalue weighted by molar-refractivity contribution is -0.116. The maximum atomic E-state index is 13.2. The Hall–Kier alpha value is -2.29. The van der Waals surface area contributed by atoms with Gasteiger partial charge in [0.2, 0.25) is 5.91 Å². The van der Waals surface area contributed by atoms with E-state index in [-0.39, 0.29) is 18.4 Å². The van der Waals surface area contributed by atoms with Crippen molar-refractivity contribution in [2.75, 3.05) is 51.3 Å². The van der Waals surface area contributed by atoms with Crippen LogP contribution in [0.5, 0.6) is 0 Å². The Bertz CT molecular complexity index is 862. The summed E-state index contributed by atoms with van der Waals surface area (Å²) in [6.07, 6.45) is 5.84. The summed E-state index contributed by atoms with van der Waals surface area (Å²) in [4.78, 5) is 35.1. The van der Waals surface area contributed by atoms with Gasteiger partial charge in [0.1, 0.15) is 6.54 Å². The summed E-state index contributed by atoms with van der Waals surface area (Å²) in [5, 5.41) is 3.38. The Kier molecular flexibility index (Phi) is 9.64. The maximum absolute atomic E-state index is 13.2. The number of carbonyl (C=O) groups excluding carboxylic acids is 2. The van der Waals surface area contributed by atoms with Gasteiger partial charge in [-0.15, -0.1) is 11.3 Å². The molecule has 1 saturated heterocycles. The van der Waals surface area contributed by atoms with Crippen molar-refractivity contribution in [2.45, 2.75) is 39.5 Å². The number of rotatable bonds is 11. The van der Waals surface area contributed by atoms with E-state index in [2.05, 4.69) is 22.1 Å². The molecular formula is C24H34N4O3S. The van der Waals surface area contributed by atoms with Gasteiger partial charge < -0.3 is 15.0 Å². The number of thiazole rings is 1. The van der Waals surface area contributed by atoms with Crippen molar-refractivity contribution >= 4 is 28.3 Å². The fourth-order valence-electron chi connectivity index (χ4n) is 3.68. The Morgan fingerprint density at radius 3 is 2.59 bits per heavy atom. The third-order valence-corrected chi connectivity index (χ3v) is 6.34. The molecule has 1 aliphatic rings. The summed E-state index contributed by atoms with van der Waals surface area (Å²) in [5.74, 6) is -0.335. The molecule has 8 heteroatoms. The van der Waals surface area contributed by atoms with E-state index >= 15 is 0 Å². The van der Waals surface area contributed by atoms with Crippen LogP contribution in [0.3, 0.4) is 0 Å². The molecule has 1 aromatic heterocycles. The molecule has 7 nitrogen and oxygen atoms in total. The minimum absolute atomic E-state index is 0.0121. The molecule has 32 heavy (non-hydrogen) atoms. The van der Waals surface area contributed by atoms with Gasteiger partial charge in [-0.25, -0.2) is 4.98 Å². The quantitative estimate of drug-likeness (QED) is 0.557. The van der Waals surface area contributed by atoms with Crippen LogP contribution in [0.2, 0.25) is 0 Å². The average molecular weight is 459 g/mol. The summed E-state index contributed by atoms with van der Waals surface area (Å²) in [6.45, 7) is 8.87. The predicted octanol–water partition coefficient (Wildman–Crippen LogP) is 3.60. The van der Waals surface area contributed by atoms with E-state index < -0.39 is 0 Å². The molecule has 0 aliphatic carbocycles.